The Labute approximate surface area is 173 Å². The molecule has 0 bridgehead atoms. The van der Waals surface area contributed by atoms with Crippen molar-refractivity contribution in [3.05, 3.63) is 77.2 Å². The van der Waals surface area contributed by atoms with Gasteiger partial charge in [-0.25, -0.2) is 14.6 Å². The fraction of sp³-hybridized carbons (Fsp3) is 0.100. The van der Waals surface area contributed by atoms with Crippen LogP contribution in [-0.2, 0) is 6.18 Å². The third-order valence-corrected chi connectivity index (χ3v) is 5.41. The van der Waals surface area contributed by atoms with E-state index in [1.165, 1.54) is 18.3 Å². The van der Waals surface area contributed by atoms with Crippen molar-refractivity contribution in [1.29, 1.82) is 0 Å². The summed E-state index contributed by atoms with van der Waals surface area (Å²) in [6.45, 7) is 1.68. The first-order valence-electron chi connectivity index (χ1n) is 8.74. The summed E-state index contributed by atoms with van der Waals surface area (Å²) in [6.07, 6.45) is 0.508. The van der Waals surface area contributed by atoms with Crippen molar-refractivity contribution < 1.29 is 18.0 Å². The first-order valence-corrected chi connectivity index (χ1v) is 9.55. The first kappa shape index (κ1) is 19.8. The van der Waals surface area contributed by atoms with Crippen LogP contribution in [0, 0.1) is 6.92 Å². The van der Waals surface area contributed by atoms with Crippen molar-refractivity contribution in [1.82, 2.24) is 19.7 Å². The number of rotatable bonds is 4. The summed E-state index contributed by atoms with van der Waals surface area (Å²) in [6, 6.07) is 9.89. The molecule has 0 spiro atoms. The van der Waals surface area contributed by atoms with Crippen LogP contribution in [0.3, 0.4) is 0 Å². The van der Waals surface area contributed by atoms with Crippen LogP contribution >= 0.6 is 11.3 Å². The van der Waals surface area contributed by atoms with Crippen LogP contribution in [0.25, 0.3) is 16.4 Å². The molecule has 0 aliphatic rings. The van der Waals surface area contributed by atoms with Crippen molar-refractivity contribution in [2.24, 2.45) is 0 Å². The predicted molar refractivity (Wildman–Crippen MR) is 107 cm³/mol. The molecule has 0 unspecified atom stereocenters. The number of halogens is 3. The zero-order valence-electron chi connectivity index (χ0n) is 15.5. The lowest BCUT2D eigenvalue weighted by atomic mass is 10.1. The molecular formula is C20H14F3N5OS. The quantitative estimate of drug-likeness (QED) is 0.497. The first-order chi connectivity index (χ1) is 14.3. The van der Waals surface area contributed by atoms with Gasteiger partial charge in [0.1, 0.15) is 9.88 Å². The van der Waals surface area contributed by atoms with Crippen LogP contribution in [0.2, 0.25) is 0 Å². The molecule has 3 heterocycles. The number of carbonyl (C=O) groups excluding carboxylic acids is 1. The molecule has 0 saturated carbocycles. The third-order valence-electron chi connectivity index (χ3n) is 4.21. The Morgan fingerprint density at radius 3 is 2.50 bits per heavy atom. The van der Waals surface area contributed by atoms with Crippen molar-refractivity contribution in [2.75, 3.05) is 5.32 Å². The lowest BCUT2D eigenvalue weighted by molar-refractivity contribution is -0.137. The summed E-state index contributed by atoms with van der Waals surface area (Å²) in [5, 5.41) is 7.31. The molecule has 4 rings (SSSR count). The molecule has 0 radical (unpaired) electrons. The average Bonchev–Trinajstić information content (AvgIpc) is 3.38. The molecule has 10 heteroatoms. The van der Waals surface area contributed by atoms with Gasteiger partial charge in [0.2, 0.25) is 0 Å². The van der Waals surface area contributed by atoms with Gasteiger partial charge >= 0.3 is 6.18 Å². The summed E-state index contributed by atoms with van der Waals surface area (Å²) in [7, 11) is 0. The molecule has 1 N–H and O–H groups in total. The van der Waals surface area contributed by atoms with Crippen molar-refractivity contribution >= 4 is 22.9 Å². The molecule has 0 aliphatic carbocycles. The molecule has 0 atom stereocenters. The van der Waals surface area contributed by atoms with Gasteiger partial charge in [-0.05, 0) is 37.3 Å². The Balaban J connectivity index is 1.51. The number of amides is 1. The van der Waals surface area contributed by atoms with Crippen LogP contribution in [0.15, 0.2) is 61.1 Å². The summed E-state index contributed by atoms with van der Waals surface area (Å²) < 4.78 is 39.8. The fourth-order valence-electron chi connectivity index (χ4n) is 2.72. The van der Waals surface area contributed by atoms with E-state index in [2.05, 4.69) is 20.4 Å². The van der Waals surface area contributed by atoms with E-state index in [4.69, 9.17) is 0 Å². The standard InChI is InChI=1S/C20H14F3N5OS/c1-12-17(30-19(26-12)13-3-5-14(6-4-13)20(21,22)23)18(29)27-15-7-8-16(24-11-15)28-10-2-9-25-28/h2-11H,1H3,(H,27,29). The number of aromatic nitrogens is 4. The van der Waals surface area contributed by atoms with Crippen molar-refractivity contribution in [3.63, 3.8) is 0 Å². The summed E-state index contributed by atoms with van der Waals surface area (Å²) >= 11 is 1.12. The number of hydrogen-bond acceptors (Lipinski definition) is 5. The Kier molecular flexibility index (Phi) is 5.08. The minimum absolute atomic E-state index is 0.364. The SMILES string of the molecule is Cc1nc(-c2ccc(C(F)(F)F)cc2)sc1C(=O)Nc1ccc(-n2cccn2)nc1. The fourth-order valence-corrected chi connectivity index (χ4v) is 3.69. The summed E-state index contributed by atoms with van der Waals surface area (Å²) in [5.41, 5.74) is 0.775. The van der Waals surface area contributed by atoms with Crippen molar-refractivity contribution in [2.45, 2.75) is 13.1 Å². The van der Waals surface area contributed by atoms with Gasteiger partial charge in [-0.3, -0.25) is 4.79 Å². The highest BCUT2D eigenvalue weighted by Gasteiger charge is 2.30. The minimum atomic E-state index is -4.40. The highest BCUT2D eigenvalue weighted by molar-refractivity contribution is 7.17. The zero-order valence-corrected chi connectivity index (χ0v) is 16.3. The topological polar surface area (TPSA) is 72.7 Å². The van der Waals surface area contributed by atoms with E-state index >= 15 is 0 Å². The maximum atomic E-state index is 12.7. The number of pyridine rings is 1. The van der Waals surface area contributed by atoms with E-state index in [-0.39, 0.29) is 5.91 Å². The van der Waals surface area contributed by atoms with Gasteiger partial charge in [0, 0.05) is 18.0 Å². The number of thiazole rings is 1. The molecule has 3 aromatic heterocycles. The highest BCUT2D eigenvalue weighted by atomic mass is 32.1. The molecule has 1 aromatic carbocycles. The van der Waals surface area contributed by atoms with Crippen LogP contribution in [0.5, 0.6) is 0 Å². The third kappa shape index (κ3) is 4.08. The Morgan fingerprint density at radius 1 is 1.13 bits per heavy atom. The van der Waals surface area contributed by atoms with E-state index in [1.54, 1.807) is 42.2 Å². The lowest BCUT2D eigenvalue weighted by Crippen LogP contribution is -2.12. The highest BCUT2D eigenvalue weighted by Crippen LogP contribution is 2.33. The van der Waals surface area contributed by atoms with Gasteiger partial charge in [-0.1, -0.05) is 12.1 Å². The van der Waals surface area contributed by atoms with E-state index in [0.717, 1.165) is 23.5 Å². The van der Waals surface area contributed by atoms with Crippen molar-refractivity contribution in [3.8, 4) is 16.4 Å². The Morgan fingerprint density at radius 2 is 1.90 bits per heavy atom. The van der Waals surface area contributed by atoms with Gasteiger partial charge in [-0.15, -0.1) is 11.3 Å². The summed E-state index contributed by atoms with van der Waals surface area (Å²) in [5.74, 6) is 0.244. The van der Waals surface area contributed by atoms with Gasteiger partial charge in [-0.2, -0.15) is 18.3 Å². The van der Waals surface area contributed by atoms with Gasteiger partial charge < -0.3 is 5.32 Å². The van der Waals surface area contributed by atoms with E-state index in [9.17, 15) is 18.0 Å². The monoisotopic (exact) mass is 429 g/mol. The minimum Gasteiger partial charge on any atom is -0.320 e. The number of hydrogen-bond donors (Lipinski definition) is 1. The number of nitrogens with one attached hydrogen (secondary N) is 1. The number of alkyl halides is 3. The smallest absolute Gasteiger partial charge is 0.320 e. The maximum absolute atomic E-state index is 12.7. The second-order valence-corrected chi connectivity index (χ2v) is 7.32. The molecule has 0 aliphatic heterocycles. The molecule has 152 valence electrons. The Hall–Kier alpha value is -3.53. The number of aryl methyl sites for hydroxylation is 1. The molecule has 1 amide bonds. The Bertz CT molecular complexity index is 1170. The average molecular weight is 429 g/mol. The number of anilines is 1. The zero-order chi connectivity index (χ0) is 21.3. The van der Waals surface area contributed by atoms with E-state index < -0.39 is 11.7 Å². The van der Waals surface area contributed by atoms with E-state index in [1.807, 2.05) is 0 Å². The number of benzene rings is 1. The van der Waals surface area contributed by atoms with Gasteiger partial charge in [0.15, 0.2) is 5.82 Å². The predicted octanol–water partition coefficient (Wildman–Crippen LogP) is 4.97. The molecule has 0 saturated heterocycles. The van der Waals surface area contributed by atoms with Crippen LogP contribution in [0.4, 0.5) is 18.9 Å². The molecule has 0 fully saturated rings. The largest absolute Gasteiger partial charge is 0.416 e. The molecule has 30 heavy (non-hydrogen) atoms. The van der Waals surface area contributed by atoms with Crippen LogP contribution in [-0.4, -0.2) is 25.7 Å². The van der Waals surface area contributed by atoms with Gasteiger partial charge in [0.25, 0.3) is 5.91 Å². The molecule has 4 aromatic rings. The lowest BCUT2D eigenvalue weighted by Gasteiger charge is -2.06. The number of carbonyl (C=O) groups is 1. The van der Waals surface area contributed by atoms with Crippen LogP contribution < -0.4 is 5.32 Å². The summed E-state index contributed by atoms with van der Waals surface area (Å²) in [4.78, 5) is 21.6. The molecular weight excluding hydrogens is 415 g/mol. The van der Waals surface area contributed by atoms with Gasteiger partial charge in [0.05, 0.1) is 23.1 Å². The van der Waals surface area contributed by atoms with Crippen LogP contribution in [0.1, 0.15) is 20.9 Å². The maximum Gasteiger partial charge on any atom is 0.416 e. The second kappa shape index (κ2) is 7.71. The second-order valence-electron chi connectivity index (χ2n) is 6.32. The van der Waals surface area contributed by atoms with E-state index in [0.29, 0.717) is 32.6 Å². The number of nitrogens with zero attached hydrogens (tertiary/aromatic N) is 4. The molecule has 6 nitrogen and oxygen atoms in total. The normalized spacial score (nSPS) is 11.5.